The van der Waals surface area contributed by atoms with Gasteiger partial charge >= 0.3 is 5.97 Å². The molecule has 1 aliphatic heterocycles. The highest BCUT2D eigenvalue weighted by Gasteiger charge is 2.40. The van der Waals surface area contributed by atoms with Crippen molar-refractivity contribution in [2.75, 3.05) is 12.3 Å². The highest BCUT2D eigenvalue weighted by Crippen LogP contribution is 2.28. The highest BCUT2D eigenvalue weighted by atomic mass is 32.2. The van der Waals surface area contributed by atoms with Crippen LogP contribution in [0.15, 0.2) is 0 Å². The molecule has 126 valence electrons. The summed E-state index contributed by atoms with van der Waals surface area (Å²) < 4.78 is 25.9. The Hall–Kier alpha value is -1.15. The van der Waals surface area contributed by atoms with Crippen molar-refractivity contribution in [3.8, 4) is 0 Å². The molecule has 22 heavy (non-hydrogen) atoms. The van der Waals surface area contributed by atoms with E-state index in [4.69, 9.17) is 5.11 Å². The van der Waals surface area contributed by atoms with Gasteiger partial charge in [-0.1, -0.05) is 13.3 Å². The van der Waals surface area contributed by atoms with E-state index in [9.17, 15) is 18.0 Å². The number of hydrogen-bond acceptors (Lipinski definition) is 4. The van der Waals surface area contributed by atoms with E-state index in [0.717, 1.165) is 12.8 Å². The van der Waals surface area contributed by atoms with Gasteiger partial charge in [-0.05, 0) is 32.1 Å². The van der Waals surface area contributed by atoms with Crippen molar-refractivity contribution >= 4 is 21.9 Å². The predicted octanol–water partition coefficient (Wildman–Crippen LogP) is 0.560. The number of sulfonamides is 1. The number of amides is 1. The standard InChI is InChI=1S/C14H24N2O5S/c1-2-7-22(20,21)16-6-4-3-5-12(16)13(17)15-11-8-10(9-11)14(18)19/h10-12H,2-9H2,1H3,(H,15,17)(H,18,19). The molecule has 1 unspecified atom stereocenters. The van der Waals surface area contributed by atoms with Crippen molar-refractivity contribution in [3.63, 3.8) is 0 Å². The Morgan fingerprint density at radius 3 is 2.55 bits per heavy atom. The van der Waals surface area contributed by atoms with Crippen LogP contribution in [-0.2, 0) is 19.6 Å². The molecule has 0 aromatic heterocycles. The molecular weight excluding hydrogens is 308 g/mol. The number of carbonyl (C=O) groups excluding carboxylic acids is 1. The Bertz CT molecular complexity index is 527. The van der Waals surface area contributed by atoms with Gasteiger partial charge in [0.2, 0.25) is 15.9 Å². The van der Waals surface area contributed by atoms with Crippen molar-refractivity contribution in [1.82, 2.24) is 9.62 Å². The minimum atomic E-state index is -3.40. The molecule has 0 spiro atoms. The Morgan fingerprint density at radius 2 is 1.95 bits per heavy atom. The van der Waals surface area contributed by atoms with Gasteiger partial charge in [0.25, 0.3) is 0 Å². The second-order valence-corrected chi connectivity index (χ2v) is 8.19. The fraction of sp³-hybridized carbons (Fsp3) is 0.857. The topological polar surface area (TPSA) is 104 Å². The average Bonchev–Trinajstić information content (AvgIpc) is 2.41. The normalized spacial score (nSPS) is 29.6. The number of nitrogens with zero attached hydrogens (tertiary/aromatic N) is 1. The van der Waals surface area contributed by atoms with Crippen molar-refractivity contribution in [2.24, 2.45) is 5.92 Å². The van der Waals surface area contributed by atoms with Crippen molar-refractivity contribution in [3.05, 3.63) is 0 Å². The van der Waals surface area contributed by atoms with E-state index in [-0.39, 0.29) is 17.7 Å². The fourth-order valence-corrected chi connectivity index (χ4v) is 4.86. The van der Waals surface area contributed by atoms with Crippen molar-refractivity contribution in [1.29, 1.82) is 0 Å². The molecule has 0 aromatic carbocycles. The molecule has 2 aliphatic rings. The molecule has 1 amide bonds. The smallest absolute Gasteiger partial charge is 0.306 e. The van der Waals surface area contributed by atoms with Crippen molar-refractivity contribution in [2.45, 2.75) is 57.5 Å². The number of nitrogens with one attached hydrogen (secondary N) is 1. The van der Waals surface area contributed by atoms with E-state index in [1.54, 1.807) is 6.92 Å². The summed E-state index contributed by atoms with van der Waals surface area (Å²) >= 11 is 0. The number of aliphatic carboxylic acids is 1. The first-order valence-corrected chi connectivity index (χ1v) is 9.48. The van der Waals surface area contributed by atoms with Gasteiger partial charge < -0.3 is 10.4 Å². The minimum absolute atomic E-state index is 0.0568. The molecule has 0 radical (unpaired) electrons. The summed E-state index contributed by atoms with van der Waals surface area (Å²) in [6, 6.07) is -0.791. The van der Waals surface area contributed by atoms with Crippen LogP contribution in [0.25, 0.3) is 0 Å². The summed E-state index contributed by atoms with van der Waals surface area (Å²) in [5.74, 6) is -1.46. The number of carbonyl (C=O) groups is 2. The van der Waals surface area contributed by atoms with Gasteiger partial charge in [0.1, 0.15) is 6.04 Å². The highest BCUT2D eigenvalue weighted by molar-refractivity contribution is 7.89. The third-order valence-corrected chi connectivity index (χ3v) is 6.49. The third-order valence-electron chi connectivity index (χ3n) is 4.41. The summed E-state index contributed by atoms with van der Waals surface area (Å²) in [5, 5.41) is 11.6. The monoisotopic (exact) mass is 332 g/mol. The van der Waals surface area contributed by atoms with Gasteiger partial charge in [0.15, 0.2) is 0 Å². The summed E-state index contributed by atoms with van der Waals surface area (Å²) in [6.45, 7) is 2.19. The molecule has 0 bridgehead atoms. The average molecular weight is 332 g/mol. The van der Waals surface area contributed by atoms with Gasteiger partial charge in [-0.3, -0.25) is 9.59 Å². The van der Waals surface area contributed by atoms with Crippen LogP contribution in [0.3, 0.4) is 0 Å². The molecule has 1 aliphatic carbocycles. The largest absolute Gasteiger partial charge is 0.481 e. The SMILES string of the molecule is CCCS(=O)(=O)N1CCCCC1C(=O)NC1CC(C(=O)O)C1. The summed E-state index contributed by atoms with van der Waals surface area (Å²) in [6.07, 6.45) is 3.51. The Labute approximate surface area is 131 Å². The van der Waals surface area contributed by atoms with Crippen LogP contribution in [0.4, 0.5) is 0 Å². The third kappa shape index (κ3) is 3.78. The molecule has 1 heterocycles. The second-order valence-electron chi connectivity index (χ2n) is 6.15. The number of carboxylic acids is 1. The maximum atomic E-state index is 12.4. The summed E-state index contributed by atoms with van der Waals surface area (Å²) in [7, 11) is -3.40. The lowest BCUT2D eigenvalue weighted by molar-refractivity contribution is -0.146. The molecule has 8 heteroatoms. The van der Waals surface area contributed by atoms with Crippen LogP contribution >= 0.6 is 0 Å². The molecule has 0 aromatic rings. The van der Waals surface area contributed by atoms with E-state index in [2.05, 4.69) is 5.32 Å². The molecule has 1 saturated carbocycles. The van der Waals surface area contributed by atoms with E-state index >= 15 is 0 Å². The molecule has 2 rings (SSSR count). The van der Waals surface area contributed by atoms with Gasteiger partial charge in [0, 0.05) is 12.6 Å². The Kier molecular flexibility index (Phi) is 5.44. The first kappa shape index (κ1) is 17.2. The molecule has 1 atom stereocenters. The molecule has 2 fully saturated rings. The van der Waals surface area contributed by atoms with Crippen LogP contribution in [0.1, 0.15) is 45.4 Å². The second kappa shape index (κ2) is 6.95. The first-order valence-electron chi connectivity index (χ1n) is 7.88. The zero-order valence-corrected chi connectivity index (χ0v) is 13.6. The van der Waals surface area contributed by atoms with E-state index < -0.39 is 28.0 Å². The van der Waals surface area contributed by atoms with Gasteiger partial charge in [-0.15, -0.1) is 0 Å². The zero-order chi connectivity index (χ0) is 16.3. The number of hydrogen-bond donors (Lipinski definition) is 2. The van der Waals surface area contributed by atoms with Gasteiger partial charge in [-0.25, -0.2) is 8.42 Å². The maximum absolute atomic E-state index is 12.4. The van der Waals surface area contributed by atoms with Crippen LogP contribution in [-0.4, -0.2) is 54.1 Å². The van der Waals surface area contributed by atoms with Crippen molar-refractivity contribution < 1.29 is 23.1 Å². The Morgan fingerprint density at radius 1 is 1.27 bits per heavy atom. The summed E-state index contributed by atoms with van der Waals surface area (Å²) in [5.41, 5.74) is 0. The number of piperidine rings is 1. The summed E-state index contributed by atoms with van der Waals surface area (Å²) in [4.78, 5) is 23.1. The lowest BCUT2D eigenvalue weighted by Crippen LogP contribution is -2.56. The molecule has 7 nitrogen and oxygen atoms in total. The lowest BCUT2D eigenvalue weighted by atomic mass is 9.80. The zero-order valence-electron chi connectivity index (χ0n) is 12.8. The van der Waals surface area contributed by atoms with E-state index in [1.807, 2.05) is 0 Å². The number of carboxylic acid groups (broad SMARTS) is 1. The van der Waals surface area contributed by atoms with Crippen LogP contribution in [0.2, 0.25) is 0 Å². The molecular formula is C14H24N2O5S. The first-order chi connectivity index (χ1) is 10.3. The fourth-order valence-electron chi connectivity index (χ4n) is 3.11. The van der Waals surface area contributed by atoms with Crippen LogP contribution in [0.5, 0.6) is 0 Å². The molecule has 1 saturated heterocycles. The van der Waals surface area contributed by atoms with Gasteiger partial charge in [0.05, 0.1) is 11.7 Å². The lowest BCUT2D eigenvalue weighted by Gasteiger charge is -2.37. The van der Waals surface area contributed by atoms with E-state index in [0.29, 0.717) is 32.2 Å². The van der Waals surface area contributed by atoms with Crippen LogP contribution < -0.4 is 5.32 Å². The van der Waals surface area contributed by atoms with Crippen LogP contribution in [0, 0.1) is 5.92 Å². The van der Waals surface area contributed by atoms with E-state index in [1.165, 1.54) is 4.31 Å². The Balaban J connectivity index is 1.96. The number of rotatable bonds is 6. The maximum Gasteiger partial charge on any atom is 0.306 e. The quantitative estimate of drug-likeness (QED) is 0.739. The molecule has 2 N–H and O–H groups in total. The predicted molar refractivity (Wildman–Crippen MR) is 80.7 cm³/mol. The van der Waals surface area contributed by atoms with Gasteiger partial charge in [-0.2, -0.15) is 4.31 Å². The minimum Gasteiger partial charge on any atom is -0.481 e.